The Morgan fingerprint density at radius 3 is 2.33 bits per heavy atom. The third-order valence-corrected chi connectivity index (χ3v) is 3.05. The fourth-order valence-corrected chi connectivity index (χ4v) is 1.85. The molecule has 0 aliphatic rings. The number of benzene rings is 1. The third kappa shape index (κ3) is 7.49. The first-order valence-corrected chi connectivity index (χ1v) is 7.55. The van der Waals surface area contributed by atoms with Crippen LogP contribution in [-0.2, 0) is 14.3 Å². The van der Waals surface area contributed by atoms with Crippen LogP contribution in [0.25, 0.3) is 0 Å². The molecule has 0 amide bonds. The lowest BCUT2D eigenvalue weighted by atomic mass is 10.1. The molecule has 1 aromatic rings. The first kappa shape index (κ1) is 17.2. The summed E-state index contributed by atoms with van der Waals surface area (Å²) in [4.78, 5) is 23.0. The van der Waals surface area contributed by atoms with Crippen LogP contribution in [0.5, 0.6) is 5.75 Å². The highest BCUT2D eigenvalue weighted by atomic mass is 16.5. The maximum Gasteiger partial charge on any atom is 0.311 e. The van der Waals surface area contributed by atoms with E-state index in [1.165, 1.54) is 0 Å². The normalized spacial score (nSPS) is 10.2. The second-order valence-corrected chi connectivity index (χ2v) is 5.02. The van der Waals surface area contributed by atoms with Gasteiger partial charge in [0.1, 0.15) is 5.75 Å². The molecule has 0 unspecified atom stereocenters. The second kappa shape index (κ2) is 9.97. The summed E-state index contributed by atoms with van der Waals surface area (Å²) in [6.45, 7) is 4.36. The van der Waals surface area contributed by atoms with Crippen LogP contribution in [0.1, 0.15) is 51.0 Å². The van der Waals surface area contributed by atoms with Gasteiger partial charge in [-0.3, -0.25) is 9.59 Å². The van der Waals surface area contributed by atoms with E-state index in [9.17, 15) is 9.59 Å². The summed E-state index contributed by atoms with van der Waals surface area (Å²) < 4.78 is 10.3. The minimum absolute atomic E-state index is 0.153. The van der Waals surface area contributed by atoms with Crippen molar-refractivity contribution < 1.29 is 19.1 Å². The summed E-state index contributed by atoms with van der Waals surface area (Å²) in [6, 6.07) is 7.45. The largest absolute Gasteiger partial charge is 0.466 e. The van der Waals surface area contributed by atoms with Gasteiger partial charge in [0.2, 0.25) is 0 Å². The van der Waals surface area contributed by atoms with Gasteiger partial charge in [-0.1, -0.05) is 31.5 Å². The average Bonchev–Trinajstić information content (AvgIpc) is 2.47. The number of rotatable bonds is 9. The lowest BCUT2D eigenvalue weighted by Gasteiger charge is -2.07. The van der Waals surface area contributed by atoms with Crippen LogP contribution >= 0.6 is 0 Å². The molecule has 0 aliphatic carbocycles. The lowest BCUT2D eigenvalue weighted by molar-refractivity contribution is -0.143. The molecule has 4 heteroatoms. The summed E-state index contributed by atoms with van der Waals surface area (Å²) in [7, 11) is 0. The van der Waals surface area contributed by atoms with Crippen molar-refractivity contribution in [3.8, 4) is 5.75 Å². The van der Waals surface area contributed by atoms with Crippen LogP contribution in [-0.4, -0.2) is 18.5 Å². The van der Waals surface area contributed by atoms with Crippen molar-refractivity contribution in [2.24, 2.45) is 0 Å². The molecule has 0 radical (unpaired) electrons. The Morgan fingerprint density at radius 2 is 1.67 bits per heavy atom. The summed E-state index contributed by atoms with van der Waals surface area (Å²) in [5.41, 5.74) is 0.949. The van der Waals surface area contributed by atoms with E-state index >= 15 is 0 Å². The third-order valence-electron chi connectivity index (χ3n) is 3.05. The first-order chi connectivity index (χ1) is 10.1. The van der Waals surface area contributed by atoms with Crippen LogP contribution < -0.4 is 4.74 Å². The molecule has 4 nitrogen and oxygen atoms in total. The van der Waals surface area contributed by atoms with Gasteiger partial charge in [0, 0.05) is 12.8 Å². The second-order valence-electron chi connectivity index (χ2n) is 5.02. The standard InChI is InChI=1S/C17H24O4/c1-3-13-20-16(18)11-5-4-6-12-17(19)21-15-10-8-7-9-14(15)2/h7-10H,3-6,11-13H2,1-2H3. The number of esters is 2. The van der Waals surface area contributed by atoms with E-state index in [0.717, 1.165) is 31.2 Å². The lowest BCUT2D eigenvalue weighted by Crippen LogP contribution is -2.08. The molecule has 0 atom stereocenters. The van der Waals surface area contributed by atoms with Crippen molar-refractivity contribution in [1.29, 1.82) is 0 Å². The zero-order valence-electron chi connectivity index (χ0n) is 12.9. The fourth-order valence-electron chi connectivity index (χ4n) is 1.85. The molecule has 1 aromatic carbocycles. The maximum atomic E-state index is 11.7. The number of hydrogen-bond acceptors (Lipinski definition) is 4. The molecule has 0 fully saturated rings. The van der Waals surface area contributed by atoms with E-state index in [1.54, 1.807) is 6.07 Å². The van der Waals surface area contributed by atoms with Crippen molar-refractivity contribution in [2.75, 3.05) is 6.61 Å². The summed E-state index contributed by atoms with van der Waals surface area (Å²) in [5.74, 6) is 0.239. The molecular weight excluding hydrogens is 268 g/mol. The number of hydrogen-bond donors (Lipinski definition) is 0. The summed E-state index contributed by atoms with van der Waals surface area (Å²) >= 11 is 0. The first-order valence-electron chi connectivity index (χ1n) is 7.55. The Hall–Kier alpha value is -1.84. The molecule has 21 heavy (non-hydrogen) atoms. The van der Waals surface area contributed by atoms with Gasteiger partial charge in [0.15, 0.2) is 0 Å². The van der Waals surface area contributed by atoms with E-state index in [4.69, 9.17) is 9.47 Å². The highest BCUT2D eigenvalue weighted by Gasteiger charge is 2.07. The number of ether oxygens (including phenoxy) is 2. The van der Waals surface area contributed by atoms with Crippen molar-refractivity contribution in [3.05, 3.63) is 29.8 Å². The van der Waals surface area contributed by atoms with E-state index in [0.29, 0.717) is 25.2 Å². The van der Waals surface area contributed by atoms with Crippen LogP contribution in [0.4, 0.5) is 0 Å². The molecule has 0 bridgehead atoms. The smallest absolute Gasteiger partial charge is 0.311 e. The molecule has 0 N–H and O–H groups in total. The Kier molecular flexibility index (Phi) is 8.17. The Labute approximate surface area is 126 Å². The van der Waals surface area contributed by atoms with E-state index < -0.39 is 0 Å². The van der Waals surface area contributed by atoms with Crippen LogP contribution in [0, 0.1) is 6.92 Å². The Balaban J connectivity index is 2.11. The molecule has 1 rings (SSSR count). The zero-order chi connectivity index (χ0) is 15.5. The number of carbonyl (C=O) groups excluding carboxylic acids is 2. The van der Waals surface area contributed by atoms with Crippen molar-refractivity contribution >= 4 is 11.9 Å². The number of aryl methyl sites for hydroxylation is 1. The minimum Gasteiger partial charge on any atom is -0.466 e. The quantitative estimate of drug-likeness (QED) is 0.394. The van der Waals surface area contributed by atoms with Gasteiger partial charge >= 0.3 is 11.9 Å². The highest BCUT2D eigenvalue weighted by molar-refractivity contribution is 5.72. The molecule has 0 saturated heterocycles. The Bertz CT molecular complexity index is 454. The van der Waals surface area contributed by atoms with E-state index in [-0.39, 0.29) is 11.9 Å². The van der Waals surface area contributed by atoms with Gasteiger partial charge < -0.3 is 9.47 Å². The van der Waals surface area contributed by atoms with Gasteiger partial charge in [-0.15, -0.1) is 0 Å². The van der Waals surface area contributed by atoms with E-state index in [1.807, 2.05) is 32.0 Å². The van der Waals surface area contributed by atoms with Crippen LogP contribution in [0.2, 0.25) is 0 Å². The molecule has 0 aliphatic heterocycles. The van der Waals surface area contributed by atoms with Crippen molar-refractivity contribution in [1.82, 2.24) is 0 Å². The molecule has 116 valence electrons. The molecular formula is C17H24O4. The average molecular weight is 292 g/mol. The number of para-hydroxylation sites is 1. The van der Waals surface area contributed by atoms with Gasteiger partial charge in [-0.2, -0.15) is 0 Å². The van der Waals surface area contributed by atoms with Crippen molar-refractivity contribution in [3.63, 3.8) is 0 Å². The van der Waals surface area contributed by atoms with E-state index in [2.05, 4.69) is 0 Å². The van der Waals surface area contributed by atoms with Gasteiger partial charge in [0.05, 0.1) is 6.61 Å². The summed E-state index contributed by atoms with van der Waals surface area (Å²) in [5, 5.41) is 0. The monoisotopic (exact) mass is 292 g/mol. The molecule has 0 heterocycles. The maximum absolute atomic E-state index is 11.7. The number of carbonyl (C=O) groups is 2. The Morgan fingerprint density at radius 1 is 1.00 bits per heavy atom. The van der Waals surface area contributed by atoms with Crippen LogP contribution in [0.15, 0.2) is 24.3 Å². The predicted octanol–water partition coefficient (Wildman–Crippen LogP) is 3.80. The predicted molar refractivity (Wildman–Crippen MR) is 81.1 cm³/mol. The fraction of sp³-hybridized carbons (Fsp3) is 0.529. The molecule has 0 spiro atoms. The van der Waals surface area contributed by atoms with Gasteiger partial charge in [0.25, 0.3) is 0 Å². The summed E-state index contributed by atoms with van der Waals surface area (Å²) in [6.07, 6.45) is 3.94. The van der Waals surface area contributed by atoms with Crippen molar-refractivity contribution in [2.45, 2.75) is 52.4 Å². The molecule has 0 aromatic heterocycles. The topological polar surface area (TPSA) is 52.6 Å². The van der Waals surface area contributed by atoms with Gasteiger partial charge in [-0.05, 0) is 37.8 Å². The zero-order valence-corrected chi connectivity index (χ0v) is 12.9. The van der Waals surface area contributed by atoms with Gasteiger partial charge in [-0.25, -0.2) is 0 Å². The molecule has 0 saturated carbocycles. The SMILES string of the molecule is CCCOC(=O)CCCCCC(=O)Oc1ccccc1C. The highest BCUT2D eigenvalue weighted by Crippen LogP contribution is 2.17. The minimum atomic E-state index is -0.224. The number of unbranched alkanes of at least 4 members (excludes halogenated alkanes) is 2. The van der Waals surface area contributed by atoms with Crippen LogP contribution in [0.3, 0.4) is 0 Å².